The Morgan fingerprint density at radius 2 is 1.62 bits per heavy atom. The summed E-state index contributed by atoms with van der Waals surface area (Å²) >= 11 is 2.05. The van der Waals surface area contributed by atoms with E-state index in [1.807, 2.05) is 0 Å². The maximum Gasteiger partial charge on any atom is 0.0486 e. The van der Waals surface area contributed by atoms with Gasteiger partial charge < -0.3 is 5.32 Å². The monoisotopic (exact) mass is 297 g/mol. The average molecular weight is 297 g/mol. The zero-order chi connectivity index (χ0) is 14.5. The number of hydrogen-bond acceptors (Lipinski definition) is 2. The Morgan fingerprint density at radius 3 is 2.38 bits per heavy atom. The van der Waals surface area contributed by atoms with Gasteiger partial charge in [0.1, 0.15) is 0 Å². The molecular formula is C19H23NS. The van der Waals surface area contributed by atoms with Crippen molar-refractivity contribution in [2.75, 3.05) is 5.32 Å². The molecule has 1 saturated carbocycles. The molecule has 0 amide bonds. The van der Waals surface area contributed by atoms with Crippen LogP contribution >= 0.6 is 11.8 Å². The molecule has 0 spiro atoms. The number of thioether (sulfide) groups is 1. The normalized spacial score (nSPS) is 16.8. The minimum Gasteiger partial charge on any atom is -0.378 e. The molecule has 1 N–H and O–H groups in total. The third-order valence-corrected chi connectivity index (χ3v) is 5.57. The molecule has 0 aliphatic heterocycles. The Hall–Kier alpha value is -1.41. The summed E-state index contributed by atoms with van der Waals surface area (Å²) in [7, 11) is 0. The third kappa shape index (κ3) is 3.82. The Kier molecular flexibility index (Phi) is 4.87. The first-order chi connectivity index (χ1) is 10.3. The summed E-state index contributed by atoms with van der Waals surface area (Å²) in [6.45, 7) is 2.23. The van der Waals surface area contributed by atoms with Gasteiger partial charge in [0, 0.05) is 21.9 Å². The van der Waals surface area contributed by atoms with Gasteiger partial charge in [-0.05, 0) is 37.5 Å². The van der Waals surface area contributed by atoms with E-state index in [1.165, 1.54) is 41.8 Å². The van der Waals surface area contributed by atoms with Gasteiger partial charge in [-0.1, -0.05) is 55.3 Å². The molecule has 2 aromatic rings. The third-order valence-electron chi connectivity index (χ3n) is 4.15. The molecule has 1 aliphatic carbocycles. The summed E-state index contributed by atoms with van der Waals surface area (Å²) < 4.78 is 0. The van der Waals surface area contributed by atoms with Crippen molar-refractivity contribution >= 4 is 17.4 Å². The van der Waals surface area contributed by atoms with Gasteiger partial charge in [0.15, 0.2) is 0 Å². The lowest BCUT2D eigenvalue weighted by Gasteiger charge is -2.19. The Morgan fingerprint density at radius 1 is 0.952 bits per heavy atom. The minimum absolute atomic E-state index is 0.330. The van der Waals surface area contributed by atoms with Crippen LogP contribution in [0.1, 0.15) is 44.2 Å². The van der Waals surface area contributed by atoms with Crippen LogP contribution in [0.25, 0.3) is 0 Å². The van der Waals surface area contributed by atoms with E-state index in [2.05, 4.69) is 78.6 Å². The van der Waals surface area contributed by atoms with Crippen molar-refractivity contribution in [1.82, 2.24) is 0 Å². The zero-order valence-electron chi connectivity index (χ0n) is 12.6. The molecule has 0 bridgehead atoms. The summed E-state index contributed by atoms with van der Waals surface area (Å²) in [5, 5.41) is 4.49. The molecule has 1 aliphatic rings. The highest BCUT2D eigenvalue weighted by Gasteiger charge is 2.18. The fourth-order valence-electron chi connectivity index (χ4n) is 2.93. The van der Waals surface area contributed by atoms with E-state index in [0.717, 1.165) is 5.25 Å². The molecule has 110 valence electrons. The first-order valence-electron chi connectivity index (χ1n) is 7.90. The van der Waals surface area contributed by atoms with Crippen LogP contribution in [0.3, 0.4) is 0 Å². The van der Waals surface area contributed by atoms with E-state index >= 15 is 0 Å². The van der Waals surface area contributed by atoms with E-state index in [4.69, 9.17) is 0 Å². The van der Waals surface area contributed by atoms with E-state index in [-0.39, 0.29) is 0 Å². The Balaban J connectivity index is 1.72. The van der Waals surface area contributed by atoms with Crippen LogP contribution in [0, 0.1) is 0 Å². The van der Waals surface area contributed by atoms with Crippen LogP contribution in [0.4, 0.5) is 5.69 Å². The molecule has 1 nitrogen and oxygen atoms in total. The van der Waals surface area contributed by atoms with Crippen molar-refractivity contribution in [1.29, 1.82) is 0 Å². The highest BCUT2D eigenvalue weighted by Crippen LogP contribution is 2.38. The topological polar surface area (TPSA) is 12.0 Å². The van der Waals surface area contributed by atoms with E-state index in [9.17, 15) is 0 Å². The fourth-order valence-corrected chi connectivity index (χ4v) is 4.27. The Labute approximate surface area is 132 Å². The second kappa shape index (κ2) is 7.04. The number of hydrogen-bond donors (Lipinski definition) is 1. The van der Waals surface area contributed by atoms with Crippen LogP contribution in [-0.2, 0) is 0 Å². The standard InChI is InChI=1S/C19H23NS/c1-15(16-9-3-2-4-10-16)20-18-13-7-8-14-19(18)21-17-11-5-6-12-17/h2-4,7-10,13-15,17,20H,5-6,11-12H2,1H3. The van der Waals surface area contributed by atoms with Gasteiger partial charge in [0.25, 0.3) is 0 Å². The van der Waals surface area contributed by atoms with Crippen molar-refractivity contribution < 1.29 is 0 Å². The van der Waals surface area contributed by atoms with Crippen molar-refractivity contribution in [3.05, 3.63) is 60.2 Å². The molecule has 1 atom stereocenters. The molecule has 0 aromatic heterocycles. The average Bonchev–Trinajstić information content (AvgIpc) is 3.03. The maximum absolute atomic E-state index is 3.68. The van der Waals surface area contributed by atoms with Crippen LogP contribution in [-0.4, -0.2) is 5.25 Å². The predicted octanol–water partition coefficient (Wildman–Crippen LogP) is 5.89. The first kappa shape index (κ1) is 14.5. The molecule has 1 unspecified atom stereocenters. The molecule has 0 saturated heterocycles. The lowest BCUT2D eigenvalue weighted by atomic mass is 10.1. The number of nitrogens with one attached hydrogen (secondary N) is 1. The van der Waals surface area contributed by atoms with Gasteiger partial charge in [0.2, 0.25) is 0 Å². The molecule has 1 fully saturated rings. The summed E-state index contributed by atoms with van der Waals surface area (Å²) in [5.74, 6) is 0. The van der Waals surface area contributed by atoms with Gasteiger partial charge in [-0.3, -0.25) is 0 Å². The van der Waals surface area contributed by atoms with Gasteiger partial charge >= 0.3 is 0 Å². The lowest BCUT2D eigenvalue weighted by molar-refractivity contribution is 0.877. The second-order valence-corrected chi connectivity index (χ2v) is 7.14. The molecule has 21 heavy (non-hydrogen) atoms. The Bertz CT molecular complexity index is 561. The molecular weight excluding hydrogens is 274 g/mol. The van der Waals surface area contributed by atoms with Crippen molar-refractivity contribution in [3.63, 3.8) is 0 Å². The molecule has 2 heteroatoms. The van der Waals surface area contributed by atoms with Crippen molar-refractivity contribution in [3.8, 4) is 0 Å². The van der Waals surface area contributed by atoms with E-state index in [1.54, 1.807) is 0 Å². The highest BCUT2D eigenvalue weighted by molar-refractivity contribution is 8.00. The second-order valence-electron chi connectivity index (χ2n) is 5.80. The van der Waals surface area contributed by atoms with Crippen molar-refractivity contribution in [2.45, 2.75) is 48.8 Å². The van der Waals surface area contributed by atoms with Crippen molar-refractivity contribution in [2.24, 2.45) is 0 Å². The van der Waals surface area contributed by atoms with E-state index in [0.29, 0.717) is 6.04 Å². The minimum atomic E-state index is 0.330. The van der Waals surface area contributed by atoms with Gasteiger partial charge in [-0.2, -0.15) is 0 Å². The molecule has 2 aromatic carbocycles. The number of rotatable bonds is 5. The summed E-state index contributed by atoms with van der Waals surface area (Å²) in [5.41, 5.74) is 2.60. The summed E-state index contributed by atoms with van der Waals surface area (Å²) in [6.07, 6.45) is 5.53. The molecule has 0 heterocycles. The number of anilines is 1. The largest absolute Gasteiger partial charge is 0.378 e. The van der Waals surface area contributed by atoms with Crippen LogP contribution in [0.15, 0.2) is 59.5 Å². The maximum atomic E-state index is 3.68. The quantitative estimate of drug-likeness (QED) is 0.738. The molecule has 0 radical (unpaired) electrons. The number of para-hydroxylation sites is 1. The lowest BCUT2D eigenvalue weighted by Crippen LogP contribution is -2.07. The zero-order valence-corrected chi connectivity index (χ0v) is 13.4. The van der Waals surface area contributed by atoms with Gasteiger partial charge in [-0.15, -0.1) is 11.8 Å². The van der Waals surface area contributed by atoms with Gasteiger partial charge in [0.05, 0.1) is 0 Å². The SMILES string of the molecule is CC(Nc1ccccc1SC1CCCC1)c1ccccc1. The highest BCUT2D eigenvalue weighted by atomic mass is 32.2. The van der Waals surface area contributed by atoms with E-state index < -0.39 is 0 Å². The van der Waals surface area contributed by atoms with Gasteiger partial charge in [-0.25, -0.2) is 0 Å². The molecule has 3 rings (SSSR count). The number of benzene rings is 2. The summed E-state index contributed by atoms with van der Waals surface area (Å²) in [6, 6.07) is 19.7. The predicted molar refractivity (Wildman–Crippen MR) is 93.0 cm³/mol. The fraction of sp³-hybridized carbons (Fsp3) is 0.368. The van der Waals surface area contributed by atoms with Crippen LogP contribution < -0.4 is 5.32 Å². The smallest absolute Gasteiger partial charge is 0.0486 e. The van der Waals surface area contributed by atoms with Crippen LogP contribution in [0.5, 0.6) is 0 Å². The summed E-state index contributed by atoms with van der Waals surface area (Å²) in [4.78, 5) is 1.40. The first-order valence-corrected chi connectivity index (χ1v) is 8.78. The van der Waals surface area contributed by atoms with Crippen LogP contribution in [0.2, 0.25) is 0 Å².